The average molecular weight is 286 g/mol. The van der Waals surface area contributed by atoms with Crippen LogP contribution in [0.15, 0.2) is 41.3 Å². The number of halogens is 1. The first-order valence-corrected chi connectivity index (χ1v) is 6.00. The Morgan fingerprint density at radius 1 is 1.38 bits per heavy atom. The molecule has 3 N–H and O–H groups in total. The van der Waals surface area contributed by atoms with Crippen molar-refractivity contribution < 1.29 is 14.3 Å². The standard InChI is InChI=1S/C15H11FN2O3/c16-12-9-10(3-2-8-19)5-6-13(12)18-15(21)11-4-1-7-17-14(11)20/h1,4-7,9,19H,8H2,(H,17,20)(H,18,21). The van der Waals surface area contributed by atoms with Gasteiger partial charge >= 0.3 is 0 Å². The van der Waals surface area contributed by atoms with Gasteiger partial charge in [-0.25, -0.2) is 4.39 Å². The summed E-state index contributed by atoms with van der Waals surface area (Å²) in [6.45, 7) is -0.323. The van der Waals surface area contributed by atoms with E-state index in [-0.39, 0.29) is 17.9 Å². The second-order valence-electron chi connectivity index (χ2n) is 4.02. The Labute approximate surface area is 119 Å². The van der Waals surface area contributed by atoms with E-state index >= 15 is 0 Å². The molecule has 6 heteroatoms. The van der Waals surface area contributed by atoms with Gasteiger partial charge in [0.15, 0.2) is 0 Å². The zero-order chi connectivity index (χ0) is 15.2. The third-order valence-corrected chi connectivity index (χ3v) is 2.59. The molecule has 0 radical (unpaired) electrons. The summed E-state index contributed by atoms with van der Waals surface area (Å²) >= 11 is 0. The Morgan fingerprint density at radius 2 is 2.19 bits per heavy atom. The van der Waals surface area contributed by atoms with Crippen molar-refractivity contribution in [1.82, 2.24) is 4.98 Å². The van der Waals surface area contributed by atoms with Crippen LogP contribution in [0.1, 0.15) is 15.9 Å². The minimum Gasteiger partial charge on any atom is -0.384 e. The summed E-state index contributed by atoms with van der Waals surface area (Å²) in [5.41, 5.74) is -0.350. The van der Waals surface area contributed by atoms with Crippen molar-refractivity contribution in [1.29, 1.82) is 0 Å². The van der Waals surface area contributed by atoms with Crippen LogP contribution in [-0.4, -0.2) is 22.6 Å². The number of amides is 1. The molecule has 0 aliphatic heterocycles. The average Bonchev–Trinajstić information content (AvgIpc) is 2.48. The van der Waals surface area contributed by atoms with Gasteiger partial charge in [-0.2, -0.15) is 0 Å². The molecule has 2 rings (SSSR count). The first kappa shape index (κ1) is 14.5. The summed E-state index contributed by atoms with van der Waals surface area (Å²) in [6.07, 6.45) is 1.40. The number of carbonyl (C=O) groups is 1. The number of benzene rings is 1. The van der Waals surface area contributed by atoms with Gasteiger partial charge in [0.2, 0.25) is 0 Å². The number of hydrogen-bond acceptors (Lipinski definition) is 3. The highest BCUT2D eigenvalue weighted by Gasteiger charge is 2.12. The molecule has 0 aliphatic rings. The van der Waals surface area contributed by atoms with E-state index in [4.69, 9.17) is 5.11 Å². The molecule has 0 aliphatic carbocycles. The second kappa shape index (κ2) is 6.50. The van der Waals surface area contributed by atoms with Gasteiger partial charge in [0.25, 0.3) is 11.5 Å². The summed E-state index contributed by atoms with van der Waals surface area (Å²) in [4.78, 5) is 25.7. The van der Waals surface area contributed by atoms with Gasteiger partial charge in [0.05, 0.1) is 5.69 Å². The molecule has 1 aromatic carbocycles. The van der Waals surface area contributed by atoms with Crippen LogP contribution in [0, 0.1) is 17.7 Å². The van der Waals surface area contributed by atoms with E-state index in [2.05, 4.69) is 22.1 Å². The van der Waals surface area contributed by atoms with Crippen LogP contribution in [0.25, 0.3) is 0 Å². The van der Waals surface area contributed by atoms with Gasteiger partial charge in [-0.3, -0.25) is 9.59 Å². The van der Waals surface area contributed by atoms with E-state index in [1.54, 1.807) is 0 Å². The van der Waals surface area contributed by atoms with Crippen LogP contribution in [0.2, 0.25) is 0 Å². The number of pyridine rings is 1. The molecule has 21 heavy (non-hydrogen) atoms. The maximum absolute atomic E-state index is 13.8. The van der Waals surface area contributed by atoms with E-state index < -0.39 is 17.3 Å². The summed E-state index contributed by atoms with van der Waals surface area (Å²) in [5, 5.41) is 10.9. The lowest BCUT2D eigenvalue weighted by Gasteiger charge is -2.06. The number of aromatic amines is 1. The molecule has 1 aromatic heterocycles. The highest BCUT2D eigenvalue weighted by molar-refractivity contribution is 6.04. The molecule has 0 atom stereocenters. The van der Waals surface area contributed by atoms with E-state index in [0.717, 1.165) is 6.07 Å². The van der Waals surface area contributed by atoms with Gasteiger partial charge in [-0.05, 0) is 30.3 Å². The molecule has 0 saturated heterocycles. The van der Waals surface area contributed by atoms with Crippen molar-refractivity contribution in [2.24, 2.45) is 0 Å². The summed E-state index contributed by atoms with van der Waals surface area (Å²) < 4.78 is 13.8. The Balaban J connectivity index is 2.22. The largest absolute Gasteiger partial charge is 0.384 e. The molecule has 0 bridgehead atoms. The fourth-order valence-electron chi connectivity index (χ4n) is 1.63. The predicted molar refractivity (Wildman–Crippen MR) is 75.4 cm³/mol. The molecule has 5 nitrogen and oxygen atoms in total. The summed E-state index contributed by atoms with van der Waals surface area (Å²) in [6, 6.07) is 6.81. The van der Waals surface area contributed by atoms with E-state index in [1.165, 1.54) is 30.5 Å². The maximum Gasteiger partial charge on any atom is 0.261 e. The molecule has 0 unspecified atom stereocenters. The Morgan fingerprint density at radius 3 is 2.86 bits per heavy atom. The fraction of sp³-hybridized carbons (Fsp3) is 0.0667. The van der Waals surface area contributed by atoms with Crippen LogP contribution in [0.4, 0.5) is 10.1 Å². The van der Waals surface area contributed by atoms with Gasteiger partial charge in [-0.15, -0.1) is 0 Å². The SMILES string of the molecule is O=C(Nc1ccc(C#CCO)cc1F)c1ccc[nH]c1=O. The number of aliphatic hydroxyl groups excluding tert-OH is 1. The van der Waals surface area contributed by atoms with Crippen LogP contribution in [0.3, 0.4) is 0 Å². The molecule has 0 spiro atoms. The number of nitrogens with one attached hydrogen (secondary N) is 2. The predicted octanol–water partition coefficient (Wildman–Crippen LogP) is 1.11. The van der Waals surface area contributed by atoms with Crippen molar-refractivity contribution >= 4 is 11.6 Å². The zero-order valence-corrected chi connectivity index (χ0v) is 10.8. The first-order chi connectivity index (χ1) is 10.1. The summed E-state index contributed by atoms with van der Waals surface area (Å²) in [7, 11) is 0. The van der Waals surface area contributed by atoms with Crippen molar-refractivity contribution in [3.63, 3.8) is 0 Å². The highest BCUT2D eigenvalue weighted by Crippen LogP contribution is 2.16. The lowest BCUT2D eigenvalue weighted by atomic mass is 10.2. The molecule has 1 amide bonds. The molecule has 2 aromatic rings. The number of anilines is 1. The van der Waals surface area contributed by atoms with Gasteiger partial charge in [-0.1, -0.05) is 11.8 Å². The second-order valence-corrected chi connectivity index (χ2v) is 4.02. The number of carbonyl (C=O) groups excluding carboxylic acids is 1. The van der Waals surface area contributed by atoms with Gasteiger partial charge < -0.3 is 15.4 Å². The Hall–Kier alpha value is -2.91. The van der Waals surface area contributed by atoms with Crippen molar-refractivity contribution in [3.8, 4) is 11.8 Å². The number of aliphatic hydroxyl groups is 1. The number of rotatable bonds is 2. The normalized spacial score (nSPS) is 9.62. The van der Waals surface area contributed by atoms with Crippen molar-refractivity contribution in [2.45, 2.75) is 0 Å². The van der Waals surface area contributed by atoms with Crippen molar-refractivity contribution in [2.75, 3.05) is 11.9 Å². The number of hydrogen-bond donors (Lipinski definition) is 3. The zero-order valence-electron chi connectivity index (χ0n) is 10.8. The van der Waals surface area contributed by atoms with Gasteiger partial charge in [0.1, 0.15) is 18.0 Å². The monoisotopic (exact) mass is 286 g/mol. The number of aromatic nitrogens is 1. The Bertz CT molecular complexity index is 787. The fourth-order valence-corrected chi connectivity index (χ4v) is 1.63. The molecule has 0 saturated carbocycles. The summed E-state index contributed by atoms with van der Waals surface area (Å²) in [5.74, 6) is 3.56. The molecule has 0 fully saturated rings. The minimum atomic E-state index is -0.704. The quantitative estimate of drug-likeness (QED) is 0.723. The topological polar surface area (TPSA) is 82.2 Å². The smallest absolute Gasteiger partial charge is 0.261 e. The number of H-pyrrole nitrogens is 1. The van der Waals surface area contributed by atoms with Gasteiger partial charge in [0, 0.05) is 11.8 Å². The minimum absolute atomic E-state index is 0.0576. The highest BCUT2D eigenvalue weighted by atomic mass is 19.1. The lowest BCUT2D eigenvalue weighted by Crippen LogP contribution is -2.22. The maximum atomic E-state index is 13.8. The first-order valence-electron chi connectivity index (χ1n) is 6.00. The molecule has 106 valence electrons. The van der Waals surface area contributed by atoms with Crippen molar-refractivity contribution in [3.05, 3.63) is 63.8 Å². The third-order valence-electron chi connectivity index (χ3n) is 2.59. The van der Waals surface area contributed by atoms with E-state index in [1.807, 2.05) is 0 Å². The van der Waals surface area contributed by atoms with E-state index in [0.29, 0.717) is 5.56 Å². The lowest BCUT2D eigenvalue weighted by molar-refractivity contribution is 0.102. The molecule has 1 heterocycles. The Kier molecular flexibility index (Phi) is 4.49. The van der Waals surface area contributed by atoms with E-state index in [9.17, 15) is 14.0 Å². The van der Waals surface area contributed by atoms with Crippen LogP contribution in [-0.2, 0) is 0 Å². The van der Waals surface area contributed by atoms with Crippen LogP contribution >= 0.6 is 0 Å². The molecular formula is C15H11FN2O3. The molecular weight excluding hydrogens is 275 g/mol. The third kappa shape index (κ3) is 3.55. The van der Waals surface area contributed by atoms with Crippen LogP contribution in [0.5, 0.6) is 0 Å². The van der Waals surface area contributed by atoms with Crippen LogP contribution < -0.4 is 10.9 Å².